The van der Waals surface area contributed by atoms with Crippen molar-refractivity contribution in [3.05, 3.63) is 28.3 Å². The summed E-state index contributed by atoms with van der Waals surface area (Å²) in [5, 5.41) is 13.9. The highest BCUT2D eigenvalue weighted by molar-refractivity contribution is 6.02. The van der Waals surface area contributed by atoms with Crippen LogP contribution in [0.5, 0.6) is 5.75 Å². The van der Waals surface area contributed by atoms with Crippen molar-refractivity contribution in [1.29, 1.82) is 0 Å². The van der Waals surface area contributed by atoms with Crippen molar-refractivity contribution in [3.63, 3.8) is 0 Å². The van der Waals surface area contributed by atoms with Crippen LogP contribution >= 0.6 is 12.4 Å². The van der Waals surface area contributed by atoms with E-state index in [1.165, 1.54) is 23.1 Å². The summed E-state index contributed by atoms with van der Waals surface area (Å²) >= 11 is 0. The molecule has 0 bridgehead atoms. The first-order chi connectivity index (χ1) is 11.8. The number of halogens is 1. The standard InChI is InChI=1S/C16H20N4O5.ClH/c1-16(9-17,10-2-3-10)18-14(21)7-19-12-6-11(20(23)24)4-5-13(12)25-8-15(19)22;/h4-6,10H,2-3,7-9,17H2,1H3,(H,18,21);1H. The smallest absolute Gasteiger partial charge is 0.271 e. The Balaban J connectivity index is 0.00000243. The highest BCUT2D eigenvalue weighted by atomic mass is 35.5. The molecule has 0 spiro atoms. The maximum absolute atomic E-state index is 12.5. The van der Waals surface area contributed by atoms with Gasteiger partial charge in [-0.15, -0.1) is 12.4 Å². The molecule has 1 aliphatic heterocycles. The third-order valence-corrected chi connectivity index (χ3v) is 4.73. The zero-order valence-electron chi connectivity index (χ0n) is 14.3. The zero-order valence-corrected chi connectivity index (χ0v) is 15.1. The molecule has 1 fully saturated rings. The molecule has 1 saturated carbocycles. The molecule has 1 heterocycles. The maximum Gasteiger partial charge on any atom is 0.271 e. The van der Waals surface area contributed by atoms with Gasteiger partial charge in [-0.05, 0) is 31.7 Å². The number of rotatable bonds is 6. The van der Waals surface area contributed by atoms with E-state index < -0.39 is 16.4 Å². The van der Waals surface area contributed by atoms with Crippen molar-refractivity contribution in [3.8, 4) is 5.75 Å². The molecule has 1 aromatic carbocycles. The number of carbonyl (C=O) groups is 2. The number of hydrogen-bond acceptors (Lipinski definition) is 6. The number of nitrogens with two attached hydrogens (primary N) is 1. The fourth-order valence-corrected chi connectivity index (χ4v) is 3.02. The number of nitrogens with one attached hydrogen (secondary N) is 1. The first-order valence-electron chi connectivity index (χ1n) is 8.07. The summed E-state index contributed by atoms with van der Waals surface area (Å²) < 4.78 is 5.29. The molecule has 2 aliphatic rings. The molecule has 0 saturated heterocycles. The fraction of sp³-hybridized carbons (Fsp3) is 0.500. The van der Waals surface area contributed by atoms with Crippen LogP contribution in [0.4, 0.5) is 11.4 Å². The van der Waals surface area contributed by atoms with Gasteiger partial charge in [0.25, 0.3) is 11.6 Å². The summed E-state index contributed by atoms with van der Waals surface area (Å²) in [4.78, 5) is 36.3. The molecular formula is C16H21ClN4O5. The molecule has 26 heavy (non-hydrogen) atoms. The molecule has 1 aliphatic carbocycles. The van der Waals surface area contributed by atoms with Crippen LogP contribution in [-0.4, -0.2) is 42.0 Å². The van der Waals surface area contributed by atoms with Gasteiger partial charge in [0.2, 0.25) is 5.91 Å². The third kappa shape index (κ3) is 3.88. The Hall–Kier alpha value is -2.39. The number of non-ortho nitro benzene ring substituents is 1. The lowest BCUT2D eigenvalue weighted by atomic mass is 9.96. The molecule has 0 aromatic heterocycles. The monoisotopic (exact) mass is 384 g/mol. The van der Waals surface area contributed by atoms with Gasteiger partial charge in [0.15, 0.2) is 6.61 Å². The van der Waals surface area contributed by atoms with Crippen LogP contribution in [0, 0.1) is 16.0 Å². The first kappa shape index (κ1) is 19.9. The van der Waals surface area contributed by atoms with Crippen molar-refractivity contribution in [1.82, 2.24) is 5.32 Å². The van der Waals surface area contributed by atoms with Crippen molar-refractivity contribution >= 4 is 35.6 Å². The van der Waals surface area contributed by atoms with Crippen molar-refractivity contribution < 1.29 is 19.2 Å². The summed E-state index contributed by atoms with van der Waals surface area (Å²) in [7, 11) is 0. The minimum Gasteiger partial charge on any atom is -0.482 e. The van der Waals surface area contributed by atoms with E-state index in [2.05, 4.69) is 5.32 Å². The molecule has 10 heteroatoms. The second kappa shape index (κ2) is 7.46. The van der Waals surface area contributed by atoms with E-state index in [-0.39, 0.29) is 42.8 Å². The van der Waals surface area contributed by atoms with Gasteiger partial charge in [-0.2, -0.15) is 0 Å². The lowest BCUT2D eigenvalue weighted by Crippen LogP contribution is -2.56. The van der Waals surface area contributed by atoms with Crippen LogP contribution in [-0.2, 0) is 9.59 Å². The molecule has 3 rings (SSSR count). The van der Waals surface area contributed by atoms with Gasteiger partial charge < -0.3 is 15.8 Å². The Morgan fingerprint density at radius 1 is 1.50 bits per heavy atom. The summed E-state index contributed by atoms with van der Waals surface area (Å²) in [6.07, 6.45) is 2.03. The largest absolute Gasteiger partial charge is 0.482 e. The second-order valence-electron chi connectivity index (χ2n) is 6.62. The van der Waals surface area contributed by atoms with Crippen LogP contribution in [0.25, 0.3) is 0 Å². The third-order valence-electron chi connectivity index (χ3n) is 4.73. The molecule has 3 N–H and O–H groups in total. The van der Waals surface area contributed by atoms with Gasteiger partial charge in [0, 0.05) is 18.7 Å². The summed E-state index contributed by atoms with van der Waals surface area (Å²) in [6.45, 7) is 1.75. The number of hydrogen-bond donors (Lipinski definition) is 2. The van der Waals surface area contributed by atoms with Gasteiger partial charge in [0.05, 0.1) is 16.1 Å². The number of nitrogens with zero attached hydrogens (tertiary/aromatic N) is 2. The van der Waals surface area contributed by atoms with Gasteiger partial charge in [-0.25, -0.2) is 0 Å². The van der Waals surface area contributed by atoms with Gasteiger partial charge >= 0.3 is 0 Å². The number of carbonyl (C=O) groups excluding carboxylic acids is 2. The average Bonchev–Trinajstić information content (AvgIpc) is 3.42. The van der Waals surface area contributed by atoms with Gasteiger partial charge in [-0.3, -0.25) is 24.6 Å². The van der Waals surface area contributed by atoms with E-state index in [0.717, 1.165) is 12.8 Å². The van der Waals surface area contributed by atoms with Gasteiger partial charge in [0.1, 0.15) is 12.3 Å². The second-order valence-corrected chi connectivity index (χ2v) is 6.62. The predicted octanol–water partition coefficient (Wildman–Crippen LogP) is 0.986. The Labute approximate surface area is 156 Å². The van der Waals surface area contributed by atoms with Crippen LogP contribution in [0.15, 0.2) is 18.2 Å². The Morgan fingerprint density at radius 3 is 2.77 bits per heavy atom. The van der Waals surface area contributed by atoms with E-state index in [1.54, 1.807) is 0 Å². The average molecular weight is 385 g/mol. The summed E-state index contributed by atoms with van der Waals surface area (Å²) in [6, 6.07) is 3.97. The van der Waals surface area contributed by atoms with E-state index in [4.69, 9.17) is 10.5 Å². The maximum atomic E-state index is 12.5. The molecule has 9 nitrogen and oxygen atoms in total. The zero-order chi connectivity index (χ0) is 18.2. The first-order valence-corrected chi connectivity index (χ1v) is 8.07. The number of fused-ring (bicyclic) bond motifs is 1. The number of benzene rings is 1. The Bertz CT molecular complexity index is 739. The number of nitro benzene ring substituents is 1. The van der Waals surface area contributed by atoms with E-state index in [9.17, 15) is 19.7 Å². The highest BCUT2D eigenvalue weighted by Crippen LogP contribution is 2.39. The SMILES string of the molecule is CC(CN)(NC(=O)CN1C(=O)COc2ccc([N+](=O)[O-])cc21)C1CC1.Cl. The molecular weight excluding hydrogens is 364 g/mol. The Morgan fingerprint density at radius 2 is 2.19 bits per heavy atom. The van der Waals surface area contributed by atoms with Crippen LogP contribution in [0.1, 0.15) is 19.8 Å². The molecule has 2 amide bonds. The number of amides is 2. The summed E-state index contributed by atoms with van der Waals surface area (Å²) in [5.74, 6) is -0.103. The number of ether oxygens (including phenoxy) is 1. The molecule has 1 unspecified atom stereocenters. The quantitative estimate of drug-likeness (QED) is 0.556. The predicted molar refractivity (Wildman–Crippen MR) is 96.5 cm³/mol. The lowest BCUT2D eigenvalue weighted by molar-refractivity contribution is -0.384. The molecule has 1 aromatic rings. The lowest BCUT2D eigenvalue weighted by Gasteiger charge is -2.32. The van der Waals surface area contributed by atoms with Crippen LogP contribution in [0.3, 0.4) is 0 Å². The van der Waals surface area contributed by atoms with Crippen LogP contribution < -0.4 is 20.7 Å². The summed E-state index contributed by atoms with van der Waals surface area (Å²) in [5.41, 5.74) is 5.34. The van der Waals surface area contributed by atoms with E-state index >= 15 is 0 Å². The fourth-order valence-electron chi connectivity index (χ4n) is 3.02. The van der Waals surface area contributed by atoms with Gasteiger partial charge in [-0.1, -0.05) is 0 Å². The molecule has 0 radical (unpaired) electrons. The van der Waals surface area contributed by atoms with Crippen molar-refractivity contribution in [2.45, 2.75) is 25.3 Å². The number of nitro groups is 1. The van der Waals surface area contributed by atoms with E-state index in [1.807, 2.05) is 6.92 Å². The van der Waals surface area contributed by atoms with E-state index in [0.29, 0.717) is 18.2 Å². The number of anilines is 1. The topological polar surface area (TPSA) is 128 Å². The highest BCUT2D eigenvalue weighted by Gasteiger charge is 2.42. The minimum absolute atomic E-state index is 0. The Kier molecular flexibility index (Phi) is 5.72. The molecule has 1 atom stereocenters. The normalized spacial score (nSPS) is 18.1. The minimum atomic E-state index is -0.559. The molecule has 142 valence electrons. The van der Waals surface area contributed by atoms with Crippen molar-refractivity contribution in [2.24, 2.45) is 11.7 Å². The van der Waals surface area contributed by atoms with Crippen LogP contribution in [0.2, 0.25) is 0 Å². The van der Waals surface area contributed by atoms with Crippen molar-refractivity contribution in [2.75, 3.05) is 24.6 Å².